The number of nitrogens with one attached hydrogen (secondary N) is 1. The fraction of sp³-hybridized carbons (Fsp3) is 0.786. The molecule has 3 N–H and O–H groups in total. The third-order valence-electron chi connectivity index (χ3n) is 9.50. The molecule has 0 amide bonds. The number of carbonyl (C=O) groups excluding carboxylic acids is 1. The normalized spacial score (nSPS) is 42.5. The molecule has 3 rings (SSSR count). The molecule has 3 aliphatic carbocycles. The summed E-state index contributed by atoms with van der Waals surface area (Å²) in [6.07, 6.45) is 14.2. The number of aliphatic hydroxyl groups is 2. The molecule has 0 aromatic heterocycles. The fourth-order valence-corrected chi connectivity index (χ4v) is 10.4. The lowest BCUT2D eigenvalue weighted by atomic mass is 9.49. The Morgan fingerprint density at radius 2 is 1.97 bits per heavy atom. The Hall–Kier alpha value is -0.0700. The Kier molecular flexibility index (Phi) is 8.39. The molecule has 0 radical (unpaired) electrons. The monoisotopic (exact) mass is 602 g/mol. The van der Waals surface area contributed by atoms with E-state index in [2.05, 4.69) is 74.6 Å². The van der Waals surface area contributed by atoms with E-state index in [1.807, 2.05) is 0 Å². The second-order valence-corrected chi connectivity index (χ2v) is 16.4. The number of fused-ring (bicyclic) bond motifs is 1. The number of carbonyl (C=O) groups is 1. The molecule has 2 fully saturated rings. The topological polar surface area (TPSA) is 69.6 Å². The Labute approximate surface area is 222 Å². The first kappa shape index (κ1) is 28.5. The van der Waals surface area contributed by atoms with Crippen molar-refractivity contribution in [1.82, 2.24) is 5.32 Å². The van der Waals surface area contributed by atoms with E-state index in [9.17, 15) is 15.0 Å². The van der Waals surface area contributed by atoms with Crippen LogP contribution in [0.2, 0.25) is 0 Å². The van der Waals surface area contributed by atoms with Crippen LogP contribution >= 0.6 is 30.1 Å². The van der Waals surface area contributed by atoms with Gasteiger partial charge in [0.2, 0.25) is 0 Å². The summed E-state index contributed by atoms with van der Waals surface area (Å²) in [7, 11) is -0.350. The van der Waals surface area contributed by atoms with E-state index < -0.39 is 5.72 Å². The Morgan fingerprint density at radius 3 is 2.53 bits per heavy atom. The van der Waals surface area contributed by atoms with Crippen molar-refractivity contribution in [1.29, 1.82) is 0 Å². The lowest BCUT2D eigenvalue weighted by molar-refractivity contribution is -0.125. The smallest absolute Gasteiger partial charge is 0.159 e. The average Bonchev–Trinajstić information content (AvgIpc) is 3.01. The minimum Gasteiger partial charge on any atom is -0.392 e. The van der Waals surface area contributed by atoms with E-state index in [1.165, 1.54) is 0 Å². The van der Waals surface area contributed by atoms with Crippen LogP contribution in [-0.2, 0) is 4.79 Å². The van der Waals surface area contributed by atoms with E-state index >= 15 is 0 Å². The van der Waals surface area contributed by atoms with E-state index in [-0.39, 0.29) is 46.1 Å². The van der Waals surface area contributed by atoms with Gasteiger partial charge in [0.05, 0.1) is 12.9 Å². The molecule has 6 heteroatoms. The average molecular weight is 603 g/mol. The second-order valence-electron chi connectivity index (χ2n) is 12.5. The van der Waals surface area contributed by atoms with Crippen molar-refractivity contribution in [2.24, 2.45) is 28.6 Å². The maximum Gasteiger partial charge on any atom is 0.159 e. The summed E-state index contributed by atoms with van der Waals surface area (Å²) in [5.41, 5.74) is -0.128. The Bertz CT molecular complexity index is 893. The summed E-state index contributed by atoms with van der Waals surface area (Å²) in [6, 6.07) is 0.0762. The number of rotatable bonds is 7. The van der Waals surface area contributed by atoms with Crippen LogP contribution in [0.1, 0.15) is 80.1 Å². The van der Waals surface area contributed by atoms with Crippen LogP contribution in [0.25, 0.3) is 0 Å². The SMILES string of the molecule is C=[P+](C)C1=CC[C@@H](C)C1(C)CC[C@@]1(I)CC(C)[C@H](NC(C)(C)O)C2CC(=O)/C(=C/CO)CC21C. The van der Waals surface area contributed by atoms with Crippen LogP contribution in [0.3, 0.4) is 0 Å². The van der Waals surface area contributed by atoms with E-state index in [0.29, 0.717) is 24.7 Å². The molecule has 34 heavy (non-hydrogen) atoms. The molecule has 0 aromatic carbocycles. The van der Waals surface area contributed by atoms with Gasteiger partial charge in [-0.2, -0.15) is 0 Å². The predicted octanol–water partition coefficient (Wildman–Crippen LogP) is 6.04. The van der Waals surface area contributed by atoms with Crippen molar-refractivity contribution < 1.29 is 15.0 Å². The molecule has 3 aliphatic rings. The van der Waals surface area contributed by atoms with Gasteiger partial charge in [-0.1, -0.05) is 56.4 Å². The number of aliphatic hydroxyl groups excluding tert-OH is 1. The van der Waals surface area contributed by atoms with Gasteiger partial charge in [-0.25, -0.2) is 0 Å². The third-order valence-corrected chi connectivity index (χ3v) is 13.2. The number of hydrogen-bond acceptors (Lipinski definition) is 4. The molecule has 0 saturated heterocycles. The van der Waals surface area contributed by atoms with Gasteiger partial charge in [0, 0.05) is 21.3 Å². The zero-order valence-electron chi connectivity index (χ0n) is 22.2. The van der Waals surface area contributed by atoms with Crippen LogP contribution in [-0.4, -0.2) is 50.8 Å². The van der Waals surface area contributed by atoms with Crippen molar-refractivity contribution in [3.8, 4) is 0 Å². The van der Waals surface area contributed by atoms with Gasteiger partial charge >= 0.3 is 0 Å². The molecule has 0 heterocycles. The highest BCUT2D eigenvalue weighted by molar-refractivity contribution is 14.1. The van der Waals surface area contributed by atoms with Crippen LogP contribution in [0, 0.1) is 28.6 Å². The summed E-state index contributed by atoms with van der Waals surface area (Å²) >= 11 is 2.75. The largest absolute Gasteiger partial charge is 0.392 e. The number of halogens is 1. The molecule has 2 saturated carbocycles. The maximum atomic E-state index is 13.1. The zero-order valence-corrected chi connectivity index (χ0v) is 25.3. The molecule has 0 spiro atoms. The predicted molar refractivity (Wildman–Crippen MR) is 154 cm³/mol. The fourth-order valence-electron chi connectivity index (χ4n) is 7.26. The lowest BCUT2D eigenvalue weighted by Gasteiger charge is -2.61. The molecule has 192 valence electrons. The van der Waals surface area contributed by atoms with Gasteiger partial charge < -0.3 is 10.2 Å². The highest BCUT2D eigenvalue weighted by Gasteiger charge is 2.61. The summed E-state index contributed by atoms with van der Waals surface area (Å²) in [5.74, 6) is 1.27. The zero-order chi connectivity index (χ0) is 25.7. The van der Waals surface area contributed by atoms with Crippen molar-refractivity contribution in [2.45, 2.75) is 95.3 Å². The summed E-state index contributed by atoms with van der Waals surface area (Å²) in [5, 5.41) is 25.3. The minimum absolute atomic E-state index is 0.0238. The van der Waals surface area contributed by atoms with Gasteiger partial charge in [-0.15, -0.1) is 0 Å². The molecule has 8 atom stereocenters. The van der Waals surface area contributed by atoms with Gasteiger partial charge in [-0.3, -0.25) is 10.1 Å². The number of alkyl halides is 1. The first-order valence-electron chi connectivity index (χ1n) is 12.8. The van der Waals surface area contributed by atoms with Crippen LogP contribution in [0.4, 0.5) is 0 Å². The summed E-state index contributed by atoms with van der Waals surface area (Å²) in [6.45, 7) is 15.3. The van der Waals surface area contributed by atoms with Crippen molar-refractivity contribution in [3.05, 3.63) is 23.0 Å². The quantitative estimate of drug-likeness (QED) is 0.109. The molecule has 5 unspecified atom stereocenters. The highest BCUT2D eigenvalue weighted by Crippen LogP contribution is 2.64. The number of hydrogen-bond donors (Lipinski definition) is 3. The first-order chi connectivity index (χ1) is 15.6. The molecular weight excluding hydrogens is 556 g/mol. The second kappa shape index (κ2) is 10.0. The van der Waals surface area contributed by atoms with Gasteiger partial charge in [-0.05, 0) is 80.8 Å². The van der Waals surface area contributed by atoms with Gasteiger partial charge in [0.15, 0.2) is 5.78 Å². The molecule has 0 aromatic rings. The van der Waals surface area contributed by atoms with E-state index in [0.717, 1.165) is 31.3 Å². The van der Waals surface area contributed by atoms with Crippen LogP contribution in [0.15, 0.2) is 23.0 Å². The van der Waals surface area contributed by atoms with Crippen LogP contribution in [0.5, 0.6) is 0 Å². The molecule has 0 aliphatic heterocycles. The standard InChI is InChI=1S/C28H46INO3P/c1-18-16-28(29,13-12-26(5)19(2)9-10-23(26)34(7)8)27(6)17-20(11-14-31)22(32)15-21(27)24(18)30-25(3,4)33/h10-11,18-19,21,24,30-31,33H,7,9,12-17H2,1-6,8H3/q+1/b20-11+/t18?,19-,21?,24+,26?,27?,28-/m1/s1. The van der Waals surface area contributed by atoms with Crippen molar-refractivity contribution >= 4 is 42.2 Å². The minimum atomic E-state index is -0.992. The lowest BCUT2D eigenvalue weighted by Crippen LogP contribution is -2.65. The number of allylic oxidation sites excluding steroid dienone is 3. The van der Waals surface area contributed by atoms with Crippen molar-refractivity contribution in [2.75, 3.05) is 13.3 Å². The Morgan fingerprint density at radius 1 is 1.32 bits per heavy atom. The van der Waals surface area contributed by atoms with E-state index in [4.69, 9.17) is 0 Å². The number of Topliss-reactive ketones (excluding diaryl/α,β-unsaturated/α-hetero) is 1. The summed E-state index contributed by atoms with van der Waals surface area (Å²) in [4.78, 5) is 13.1. The van der Waals surface area contributed by atoms with E-state index in [1.54, 1.807) is 25.2 Å². The first-order valence-corrected chi connectivity index (χ1v) is 15.9. The van der Waals surface area contributed by atoms with Crippen molar-refractivity contribution in [3.63, 3.8) is 0 Å². The van der Waals surface area contributed by atoms with Crippen LogP contribution < -0.4 is 5.32 Å². The summed E-state index contributed by atoms with van der Waals surface area (Å²) < 4.78 is 0.0238. The molecular formula is C28H46INO3P+. The van der Waals surface area contributed by atoms with Gasteiger partial charge in [0.25, 0.3) is 0 Å². The Balaban J connectivity index is 1.99. The number of ketones is 1. The molecule has 0 bridgehead atoms. The van der Waals surface area contributed by atoms with Gasteiger partial charge in [0.1, 0.15) is 25.2 Å². The maximum absolute atomic E-state index is 13.1. The highest BCUT2D eigenvalue weighted by atomic mass is 127. The third kappa shape index (κ3) is 5.16. The molecule has 4 nitrogen and oxygen atoms in total.